The van der Waals surface area contributed by atoms with E-state index in [4.69, 9.17) is 5.11 Å². The molecule has 0 atom stereocenters. The van der Waals surface area contributed by atoms with E-state index in [-0.39, 0.29) is 17.8 Å². The van der Waals surface area contributed by atoms with Crippen molar-refractivity contribution in [3.05, 3.63) is 28.2 Å². The molecule has 0 saturated carbocycles. The number of hydrogen-bond donors (Lipinski definition) is 2. The third kappa shape index (κ3) is 4.64. The van der Waals surface area contributed by atoms with Crippen molar-refractivity contribution in [2.75, 3.05) is 11.9 Å². The molecule has 17 heavy (non-hydrogen) atoms. The van der Waals surface area contributed by atoms with E-state index < -0.39 is 18.6 Å². The van der Waals surface area contributed by atoms with Gasteiger partial charge in [0, 0.05) is 16.7 Å². The predicted octanol–water partition coefficient (Wildman–Crippen LogP) is 3.51. The Balaban J connectivity index is 2.74. The van der Waals surface area contributed by atoms with Crippen molar-refractivity contribution in [2.24, 2.45) is 0 Å². The van der Waals surface area contributed by atoms with Gasteiger partial charge < -0.3 is 10.4 Å². The lowest BCUT2D eigenvalue weighted by Gasteiger charge is -2.11. The van der Waals surface area contributed by atoms with Crippen LogP contribution in [0.15, 0.2) is 22.7 Å². The molecule has 1 aromatic carbocycles. The summed E-state index contributed by atoms with van der Waals surface area (Å²) in [7, 11) is 0. The van der Waals surface area contributed by atoms with Gasteiger partial charge in [-0.3, -0.25) is 0 Å². The van der Waals surface area contributed by atoms with Crippen LogP contribution >= 0.6 is 15.9 Å². The zero-order valence-corrected chi connectivity index (χ0v) is 10.1. The van der Waals surface area contributed by atoms with Crippen molar-refractivity contribution in [2.45, 2.75) is 12.6 Å². The number of halogens is 4. The molecule has 0 aromatic heterocycles. The first kappa shape index (κ1) is 13.8. The minimum atomic E-state index is -4.26. The van der Waals surface area contributed by atoms with Crippen LogP contribution in [0.2, 0.25) is 0 Å². The van der Waals surface area contributed by atoms with Crippen molar-refractivity contribution in [1.29, 1.82) is 0 Å². The van der Waals surface area contributed by atoms with Gasteiger partial charge >= 0.3 is 12.1 Å². The number of carbonyl (C=O) groups is 1. The fourth-order valence-corrected chi connectivity index (χ4v) is 1.55. The minimum absolute atomic E-state index is 0.0680. The van der Waals surface area contributed by atoms with E-state index in [1.807, 2.05) is 0 Å². The van der Waals surface area contributed by atoms with Crippen molar-refractivity contribution in [1.82, 2.24) is 0 Å². The third-order valence-corrected chi connectivity index (χ3v) is 2.43. The molecule has 0 unspecified atom stereocenters. The molecule has 0 radical (unpaired) electrons. The number of alkyl halides is 3. The summed E-state index contributed by atoms with van der Waals surface area (Å²) in [4.78, 5) is 10.9. The standard InChI is InChI=1S/C10H9BrF3NO2/c11-6-1-2-8(7(5-6)9(16)17)15-4-3-10(12,13)14/h1-2,5,15H,3-4H2,(H,16,17). The molecule has 94 valence electrons. The molecule has 0 heterocycles. The largest absolute Gasteiger partial charge is 0.478 e. The van der Waals surface area contributed by atoms with E-state index >= 15 is 0 Å². The fraction of sp³-hybridized carbons (Fsp3) is 0.300. The smallest absolute Gasteiger partial charge is 0.390 e. The van der Waals surface area contributed by atoms with E-state index in [0.29, 0.717) is 4.47 Å². The normalized spacial score (nSPS) is 11.3. The van der Waals surface area contributed by atoms with Crippen LogP contribution in [0.1, 0.15) is 16.8 Å². The average Bonchev–Trinajstić information content (AvgIpc) is 2.18. The Kier molecular flexibility index (Phi) is 4.39. The summed E-state index contributed by atoms with van der Waals surface area (Å²) in [6, 6.07) is 4.31. The highest BCUT2D eigenvalue weighted by Crippen LogP contribution is 2.23. The highest BCUT2D eigenvalue weighted by atomic mass is 79.9. The maximum atomic E-state index is 11.9. The van der Waals surface area contributed by atoms with Crippen LogP contribution in [-0.2, 0) is 0 Å². The van der Waals surface area contributed by atoms with Crippen LogP contribution in [0, 0.1) is 0 Å². The number of anilines is 1. The molecule has 0 bridgehead atoms. The van der Waals surface area contributed by atoms with Crippen LogP contribution in [0.3, 0.4) is 0 Å². The second-order valence-electron chi connectivity index (χ2n) is 3.29. The van der Waals surface area contributed by atoms with Gasteiger partial charge in [0.2, 0.25) is 0 Å². The lowest BCUT2D eigenvalue weighted by Crippen LogP contribution is -2.16. The van der Waals surface area contributed by atoms with Crippen LogP contribution < -0.4 is 5.32 Å². The second-order valence-corrected chi connectivity index (χ2v) is 4.20. The Morgan fingerprint density at radius 3 is 2.59 bits per heavy atom. The lowest BCUT2D eigenvalue weighted by molar-refractivity contribution is -0.131. The van der Waals surface area contributed by atoms with Crippen molar-refractivity contribution < 1.29 is 23.1 Å². The van der Waals surface area contributed by atoms with Crippen LogP contribution in [0.4, 0.5) is 18.9 Å². The first-order valence-corrected chi connectivity index (χ1v) is 5.42. The van der Waals surface area contributed by atoms with Gasteiger partial charge in [0.1, 0.15) is 0 Å². The number of aromatic carboxylic acids is 1. The molecule has 0 amide bonds. The fourth-order valence-electron chi connectivity index (χ4n) is 1.19. The van der Waals surface area contributed by atoms with Crippen molar-refractivity contribution in [3.63, 3.8) is 0 Å². The zero-order valence-electron chi connectivity index (χ0n) is 8.51. The molecular formula is C10H9BrF3NO2. The monoisotopic (exact) mass is 311 g/mol. The molecule has 7 heteroatoms. The van der Waals surface area contributed by atoms with Crippen LogP contribution in [-0.4, -0.2) is 23.8 Å². The number of nitrogens with one attached hydrogen (secondary N) is 1. The maximum Gasteiger partial charge on any atom is 0.390 e. The molecular weight excluding hydrogens is 303 g/mol. The van der Waals surface area contributed by atoms with E-state index in [0.717, 1.165) is 0 Å². The second kappa shape index (κ2) is 5.39. The molecule has 0 spiro atoms. The lowest BCUT2D eigenvalue weighted by atomic mass is 10.2. The molecule has 0 aliphatic heterocycles. The van der Waals surface area contributed by atoms with Crippen molar-refractivity contribution in [3.8, 4) is 0 Å². The van der Waals surface area contributed by atoms with Gasteiger partial charge in [0.15, 0.2) is 0 Å². The first-order chi connectivity index (χ1) is 7.79. The number of carboxylic acid groups (broad SMARTS) is 1. The molecule has 0 saturated heterocycles. The average molecular weight is 312 g/mol. The van der Waals surface area contributed by atoms with Gasteiger partial charge in [-0.25, -0.2) is 4.79 Å². The quantitative estimate of drug-likeness (QED) is 0.894. The highest BCUT2D eigenvalue weighted by Gasteiger charge is 2.26. The summed E-state index contributed by atoms with van der Waals surface area (Å²) < 4.78 is 36.3. The van der Waals surface area contributed by atoms with E-state index in [1.165, 1.54) is 12.1 Å². The van der Waals surface area contributed by atoms with Gasteiger partial charge in [-0.2, -0.15) is 13.2 Å². The summed E-state index contributed by atoms with van der Waals surface area (Å²) in [5.74, 6) is -1.19. The topological polar surface area (TPSA) is 49.3 Å². The molecule has 0 fully saturated rings. The molecule has 1 rings (SSSR count). The van der Waals surface area contributed by atoms with Gasteiger partial charge in [0.05, 0.1) is 12.0 Å². The first-order valence-electron chi connectivity index (χ1n) is 4.63. The van der Waals surface area contributed by atoms with E-state index in [9.17, 15) is 18.0 Å². The third-order valence-electron chi connectivity index (χ3n) is 1.94. The van der Waals surface area contributed by atoms with Gasteiger partial charge in [-0.05, 0) is 18.2 Å². The van der Waals surface area contributed by atoms with Crippen LogP contribution in [0.25, 0.3) is 0 Å². The SMILES string of the molecule is O=C(O)c1cc(Br)ccc1NCCC(F)(F)F. The summed E-state index contributed by atoms with van der Waals surface area (Å²) in [6.45, 7) is -0.356. The van der Waals surface area contributed by atoms with E-state index in [2.05, 4.69) is 21.2 Å². The van der Waals surface area contributed by atoms with Gasteiger partial charge in [-0.1, -0.05) is 15.9 Å². The molecule has 1 aromatic rings. The molecule has 3 nitrogen and oxygen atoms in total. The van der Waals surface area contributed by atoms with Crippen molar-refractivity contribution >= 4 is 27.6 Å². The van der Waals surface area contributed by atoms with Crippen LogP contribution in [0.5, 0.6) is 0 Å². The number of rotatable bonds is 4. The Morgan fingerprint density at radius 1 is 1.41 bits per heavy atom. The minimum Gasteiger partial charge on any atom is -0.478 e. The molecule has 0 aliphatic rings. The summed E-state index contributed by atoms with van der Waals surface area (Å²) in [5, 5.41) is 11.3. The number of hydrogen-bond acceptors (Lipinski definition) is 2. The molecule has 0 aliphatic carbocycles. The zero-order chi connectivity index (χ0) is 13.1. The van der Waals surface area contributed by atoms with E-state index in [1.54, 1.807) is 6.07 Å². The number of benzene rings is 1. The number of carboxylic acids is 1. The van der Waals surface area contributed by atoms with Gasteiger partial charge in [0.25, 0.3) is 0 Å². The highest BCUT2D eigenvalue weighted by molar-refractivity contribution is 9.10. The Labute approximate surface area is 104 Å². The predicted molar refractivity (Wildman–Crippen MR) is 60.3 cm³/mol. The Morgan fingerprint density at radius 2 is 2.06 bits per heavy atom. The summed E-state index contributed by atoms with van der Waals surface area (Å²) >= 11 is 3.09. The Bertz CT molecular complexity index is 421. The maximum absolute atomic E-state index is 11.9. The molecule has 2 N–H and O–H groups in total. The van der Waals surface area contributed by atoms with Gasteiger partial charge in [-0.15, -0.1) is 0 Å². The summed E-state index contributed by atoms with van der Waals surface area (Å²) in [5.41, 5.74) is 0.103. The summed E-state index contributed by atoms with van der Waals surface area (Å²) in [6.07, 6.45) is -5.27. The Hall–Kier alpha value is -1.24.